The number of nitrogens with zero attached hydrogens (tertiary/aromatic N) is 3. The molecule has 0 spiro atoms. The molecule has 2 aliphatic rings. The van der Waals surface area contributed by atoms with Crippen LogP contribution in [0, 0.1) is 0 Å². The normalized spacial score (nSPS) is 20.1. The van der Waals surface area contributed by atoms with E-state index in [9.17, 15) is 9.59 Å². The van der Waals surface area contributed by atoms with Gasteiger partial charge >= 0.3 is 0 Å². The Morgan fingerprint density at radius 2 is 1.70 bits per heavy atom. The van der Waals surface area contributed by atoms with Crippen LogP contribution in [0.1, 0.15) is 18.9 Å². The summed E-state index contributed by atoms with van der Waals surface area (Å²) in [4.78, 5) is 31.3. The van der Waals surface area contributed by atoms with Crippen molar-refractivity contribution in [1.82, 2.24) is 9.80 Å². The zero-order valence-electron chi connectivity index (χ0n) is 17.1. The molecule has 0 unspecified atom stereocenters. The Bertz CT molecular complexity index is 910. The molecule has 2 aromatic rings. The molecule has 0 bridgehead atoms. The summed E-state index contributed by atoms with van der Waals surface area (Å²) in [6, 6.07) is 14.9. The van der Waals surface area contributed by atoms with Gasteiger partial charge in [-0.05, 0) is 36.8 Å². The third-order valence-electron chi connectivity index (χ3n) is 5.73. The smallest absolute Gasteiger partial charge is 0.247 e. The van der Waals surface area contributed by atoms with E-state index in [1.165, 1.54) is 4.90 Å². The Hall–Kier alpha value is -2.57. The van der Waals surface area contributed by atoms with Gasteiger partial charge in [0, 0.05) is 31.2 Å². The number of hydrogen-bond acceptors (Lipinski definition) is 5. The summed E-state index contributed by atoms with van der Waals surface area (Å²) >= 11 is 5.93. The van der Waals surface area contributed by atoms with Crippen LogP contribution in [0.2, 0.25) is 5.02 Å². The summed E-state index contributed by atoms with van der Waals surface area (Å²) in [5.74, 6) is 0.678. The van der Waals surface area contributed by atoms with Crippen LogP contribution in [0.4, 0.5) is 5.69 Å². The molecule has 2 saturated heterocycles. The van der Waals surface area contributed by atoms with Crippen LogP contribution in [-0.4, -0.2) is 60.4 Å². The molecule has 2 amide bonds. The maximum atomic E-state index is 13.0. The van der Waals surface area contributed by atoms with Crippen molar-refractivity contribution in [1.29, 1.82) is 0 Å². The molecule has 7 heteroatoms. The lowest BCUT2D eigenvalue weighted by molar-refractivity contribution is -0.140. The number of amides is 2. The number of likely N-dealkylation sites (tertiary alicyclic amines) is 1. The molecule has 0 aliphatic carbocycles. The molecular formula is C23H26ClN3O3. The first-order valence-corrected chi connectivity index (χ1v) is 10.7. The molecule has 0 N–H and O–H groups in total. The highest BCUT2D eigenvalue weighted by molar-refractivity contribution is 6.30. The van der Waals surface area contributed by atoms with E-state index in [1.54, 1.807) is 12.1 Å². The molecule has 2 heterocycles. The molecule has 6 nitrogen and oxygen atoms in total. The highest BCUT2D eigenvalue weighted by Crippen LogP contribution is 2.30. The second-order valence-corrected chi connectivity index (χ2v) is 8.02. The first-order chi connectivity index (χ1) is 14.6. The van der Waals surface area contributed by atoms with E-state index < -0.39 is 0 Å². The fourth-order valence-electron chi connectivity index (χ4n) is 4.16. The summed E-state index contributed by atoms with van der Waals surface area (Å²) in [6.45, 7) is 5.95. The van der Waals surface area contributed by atoms with Crippen molar-refractivity contribution in [2.75, 3.05) is 37.7 Å². The topological polar surface area (TPSA) is 53.1 Å². The summed E-state index contributed by atoms with van der Waals surface area (Å²) in [7, 11) is 0. The van der Waals surface area contributed by atoms with Gasteiger partial charge < -0.3 is 9.64 Å². The quantitative estimate of drug-likeness (QED) is 0.663. The van der Waals surface area contributed by atoms with E-state index >= 15 is 0 Å². The minimum absolute atomic E-state index is 0.0990. The minimum atomic E-state index is -0.367. The Balaban J connectivity index is 1.38. The third-order valence-corrected chi connectivity index (χ3v) is 5.99. The van der Waals surface area contributed by atoms with E-state index in [0.717, 1.165) is 43.2 Å². The van der Waals surface area contributed by atoms with Gasteiger partial charge in [0.2, 0.25) is 11.8 Å². The molecule has 4 rings (SSSR count). The SMILES string of the molecule is CCOc1ccccc1N1CCN([C@@H]2CC(=O)N(Cc3ccc(Cl)cc3)C2=O)CC1. The van der Waals surface area contributed by atoms with Crippen molar-refractivity contribution in [2.45, 2.75) is 25.9 Å². The van der Waals surface area contributed by atoms with Crippen molar-refractivity contribution < 1.29 is 14.3 Å². The fraction of sp³-hybridized carbons (Fsp3) is 0.391. The minimum Gasteiger partial charge on any atom is -0.492 e. The van der Waals surface area contributed by atoms with Crippen molar-refractivity contribution in [3.63, 3.8) is 0 Å². The number of hydrogen-bond donors (Lipinski definition) is 0. The predicted molar refractivity (Wildman–Crippen MR) is 117 cm³/mol. The second kappa shape index (κ2) is 9.06. The number of rotatable bonds is 6. The predicted octanol–water partition coefficient (Wildman–Crippen LogP) is 3.19. The molecule has 0 radical (unpaired) electrons. The number of benzene rings is 2. The Morgan fingerprint density at radius 1 is 1.00 bits per heavy atom. The first kappa shape index (κ1) is 20.7. The van der Waals surface area contributed by atoms with Gasteiger partial charge in [-0.25, -0.2) is 0 Å². The second-order valence-electron chi connectivity index (χ2n) is 7.59. The largest absolute Gasteiger partial charge is 0.492 e. The maximum absolute atomic E-state index is 13.0. The van der Waals surface area contributed by atoms with Gasteiger partial charge in [-0.2, -0.15) is 0 Å². The molecule has 30 heavy (non-hydrogen) atoms. The van der Waals surface area contributed by atoms with Gasteiger partial charge in [0.05, 0.1) is 31.3 Å². The molecule has 158 valence electrons. The number of piperazine rings is 1. The first-order valence-electron chi connectivity index (χ1n) is 10.4. The molecule has 0 saturated carbocycles. The van der Waals surface area contributed by atoms with Gasteiger partial charge in [-0.3, -0.25) is 19.4 Å². The van der Waals surface area contributed by atoms with Crippen molar-refractivity contribution >= 4 is 29.1 Å². The number of para-hydroxylation sites is 2. The number of carbonyl (C=O) groups is 2. The number of anilines is 1. The summed E-state index contributed by atoms with van der Waals surface area (Å²) in [6.07, 6.45) is 0.252. The monoisotopic (exact) mass is 427 g/mol. The van der Waals surface area contributed by atoms with Gasteiger partial charge in [0.25, 0.3) is 0 Å². The van der Waals surface area contributed by atoms with Crippen LogP contribution < -0.4 is 9.64 Å². The summed E-state index contributed by atoms with van der Waals surface area (Å²) in [5.41, 5.74) is 1.98. The van der Waals surface area contributed by atoms with E-state index in [4.69, 9.17) is 16.3 Å². The summed E-state index contributed by atoms with van der Waals surface area (Å²) in [5, 5.41) is 0.638. The highest BCUT2D eigenvalue weighted by Gasteiger charge is 2.42. The number of ether oxygens (including phenoxy) is 1. The highest BCUT2D eigenvalue weighted by atomic mass is 35.5. The Morgan fingerprint density at radius 3 is 2.40 bits per heavy atom. The lowest BCUT2D eigenvalue weighted by atomic mass is 10.1. The lowest BCUT2D eigenvalue weighted by Gasteiger charge is -2.38. The number of halogens is 1. The fourth-order valence-corrected chi connectivity index (χ4v) is 4.29. The molecule has 2 fully saturated rings. The zero-order chi connectivity index (χ0) is 21.1. The molecular weight excluding hydrogens is 402 g/mol. The molecule has 0 aromatic heterocycles. The van der Waals surface area contributed by atoms with Crippen LogP contribution in [0.3, 0.4) is 0 Å². The van der Waals surface area contributed by atoms with Crippen LogP contribution >= 0.6 is 11.6 Å². The van der Waals surface area contributed by atoms with Gasteiger partial charge in [-0.15, -0.1) is 0 Å². The van der Waals surface area contributed by atoms with E-state index in [-0.39, 0.29) is 24.3 Å². The average molecular weight is 428 g/mol. The standard InChI is InChI=1S/C23H26ClN3O3/c1-2-30-21-6-4-3-5-19(21)25-11-13-26(14-12-25)20-15-22(28)27(23(20)29)16-17-7-9-18(24)10-8-17/h3-10,20H,2,11-16H2,1H3/t20-/m1/s1. The van der Waals surface area contributed by atoms with Crippen molar-refractivity contribution in [3.8, 4) is 5.75 Å². The van der Waals surface area contributed by atoms with Gasteiger partial charge in [-0.1, -0.05) is 35.9 Å². The van der Waals surface area contributed by atoms with Gasteiger partial charge in [0.15, 0.2) is 0 Å². The average Bonchev–Trinajstić information content (AvgIpc) is 3.04. The Kier molecular flexibility index (Phi) is 6.25. The summed E-state index contributed by atoms with van der Waals surface area (Å²) < 4.78 is 5.76. The number of carbonyl (C=O) groups excluding carboxylic acids is 2. The maximum Gasteiger partial charge on any atom is 0.247 e. The van der Waals surface area contributed by atoms with Crippen molar-refractivity contribution in [3.05, 3.63) is 59.1 Å². The van der Waals surface area contributed by atoms with Gasteiger partial charge in [0.1, 0.15) is 5.75 Å². The Labute approximate surface area is 182 Å². The number of imide groups is 1. The van der Waals surface area contributed by atoms with E-state index in [2.05, 4.69) is 15.9 Å². The third kappa shape index (κ3) is 4.30. The van der Waals surface area contributed by atoms with Crippen LogP contribution in [0.15, 0.2) is 48.5 Å². The molecule has 2 aliphatic heterocycles. The van der Waals surface area contributed by atoms with E-state index in [1.807, 2.05) is 37.3 Å². The molecule has 1 atom stereocenters. The zero-order valence-corrected chi connectivity index (χ0v) is 17.8. The van der Waals surface area contributed by atoms with E-state index in [0.29, 0.717) is 18.2 Å². The van der Waals surface area contributed by atoms with Crippen LogP contribution in [0.25, 0.3) is 0 Å². The lowest BCUT2D eigenvalue weighted by Crippen LogP contribution is -2.52. The van der Waals surface area contributed by atoms with Crippen molar-refractivity contribution in [2.24, 2.45) is 0 Å². The molecule has 2 aromatic carbocycles. The van der Waals surface area contributed by atoms with Crippen LogP contribution in [-0.2, 0) is 16.1 Å². The van der Waals surface area contributed by atoms with Crippen LogP contribution in [0.5, 0.6) is 5.75 Å².